The molecule has 8 nitrogen and oxygen atoms in total. The van der Waals surface area contributed by atoms with Gasteiger partial charge in [-0.05, 0) is 18.6 Å². The number of nitrogens with zero attached hydrogens (tertiary/aromatic N) is 1. The number of benzene rings is 1. The molecular formula is C14H14FN3O5. The van der Waals surface area contributed by atoms with Gasteiger partial charge in [-0.1, -0.05) is 0 Å². The molecule has 1 unspecified atom stereocenters. The zero-order valence-electron chi connectivity index (χ0n) is 12.1. The summed E-state index contributed by atoms with van der Waals surface area (Å²) in [4.78, 5) is 36.3. The molecule has 0 radical (unpaired) electrons. The Morgan fingerprint density at radius 3 is 2.65 bits per heavy atom. The minimum absolute atomic E-state index is 0.0214. The van der Waals surface area contributed by atoms with Gasteiger partial charge in [0.05, 0.1) is 11.1 Å². The zero-order chi connectivity index (χ0) is 16.9. The van der Waals surface area contributed by atoms with Crippen LogP contribution in [-0.4, -0.2) is 45.9 Å². The average Bonchev–Trinajstić information content (AvgIpc) is 2.66. The van der Waals surface area contributed by atoms with Crippen molar-refractivity contribution in [3.05, 3.63) is 29.1 Å². The third kappa shape index (κ3) is 2.16. The summed E-state index contributed by atoms with van der Waals surface area (Å²) in [5, 5.41) is 25.5. The summed E-state index contributed by atoms with van der Waals surface area (Å²) in [7, 11) is 1.43. The van der Waals surface area contributed by atoms with Gasteiger partial charge in [0.15, 0.2) is 0 Å². The second-order valence-electron chi connectivity index (χ2n) is 5.40. The number of rotatable bonds is 2. The van der Waals surface area contributed by atoms with E-state index in [1.54, 1.807) is 0 Å². The molecule has 0 saturated carbocycles. The zero-order valence-corrected chi connectivity index (χ0v) is 12.1. The van der Waals surface area contributed by atoms with Crippen LogP contribution < -0.4 is 10.6 Å². The smallest absolute Gasteiger partial charge is 0.281 e. The number of halogens is 1. The number of aliphatic hydroxyl groups is 2. The fourth-order valence-electron chi connectivity index (χ4n) is 3.01. The van der Waals surface area contributed by atoms with E-state index in [-0.39, 0.29) is 29.7 Å². The Labute approximate surface area is 129 Å². The number of hydrogen-bond donors (Lipinski definition) is 4. The molecule has 1 fully saturated rings. The Bertz CT molecular complexity index is 733. The van der Waals surface area contributed by atoms with Gasteiger partial charge in [0.1, 0.15) is 11.9 Å². The summed E-state index contributed by atoms with van der Waals surface area (Å²) >= 11 is 0. The van der Waals surface area contributed by atoms with Gasteiger partial charge in [-0.2, -0.15) is 0 Å². The quantitative estimate of drug-likeness (QED) is 0.419. The molecule has 1 saturated heterocycles. The number of imide groups is 1. The van der Waals surface area contributed by atoms with E-state index in [0.717, 1.165) is 12.1 Å². The number of fused-ring (bicyclic) bond motifs is 1. The van der Waals surface area contributed by atoms with Crippen molar-refractivity contribution < 1.29 is 29.0 Å². The molecule has 0 bridgehead atoms. The summed E-state index contributed by atoms with van der Waals surface area (Å²) in [6.45, 7) is 0. The van der Waals surface area contributed by atoms with Gasteiger partial charge in [-0.25, -0.2) is 4.39 Å². The maximum atomic E-state index is 13.6. The maximum absolute atomic E-state index is 13.6. The molecule has 122 valence electrons. The van der Waals surface area contributed by atoms with Crippen LogP contribution in [0, 0.1) is 5.82 Å². The third-order valence-corrected chi connectivity index (χ3v) is 4.01. The minimum Gasteiger partial charge on any atom is -0.388 e. The highest BCUT2D eigenvalue weighted by molar-refractivity contribution is 6.06. The highest BCUT2D eigenvalue weighted by atomic mass is 19.1. The number of carbonyl (C=O) groups excluding carboxylic acids is 3. The second-order valence-corrected chi connectivity index (χ2v) is 5.40. The first-order valence-corrected chi connectivity index (χ1v) is 6.91. The monoisotopic (exact) mass is 323 g/mol. The lowest BCUT2D eigenvalue weighted by Gasteiger charge is -2.36. The number of nitrogens with one attached hydrogen (secondary N) is 2. The summed E-state index contributed by atoms with van der Waals surface area (Å²) in [6.07, 6.45) is -0.0928. The van der Waals surface area contributed by atoms with Crippen LogP contribution in [0.5, 0.6) is 0 Å². The highest BCUT2D eigenvalue weighted by Crippen LogP contribution is 2.42. The Kier molecular flexibility index (Phi) is 3.34. The summed E-state index contributed by atoms with van der Waals surface area (Å²) in [5.41, 5.74) is -0.451. The standard InChI is InChI=1S/C14H14FN3O5/c1-16-8-5-6(15)4-7-11(8)14(22,23)18(13(7)21)9-2-3-10(19)17-12(9)20/h4-5,9,16,22-23H,2-3H2,1H3,(H,17,19,20). The number of anilines is 1. The average molecular weight is 323 g/mol. The van der Waals surface area contributed by atoms with Crippen LogP contribution in [0.25, 0.3) is 0 Å². The van der Waals surface area contributed by atoms with Crippen molar-refractivity contribution in [2.24, 2.45) is 0 Å². The molecule has 23 heavy (non-hydrogen) atoms. The second kappa shape index (κ2) is 5.00. The van der Waals surface area contributed by atoms with Gasteiger partial charge >= 0.3 is 0 Å². The number of amides is 3. The predicted octanol–water partition coefficient (Wildman–Crippen LogP) is -0.777. The predicted molar refractivity (Wildman–Crippen MR) is 74.4 cm³/mol. The lowest BCUT2D eigenvalue weighted by atomic mass is 10.0. The third-order valence-electron chi connectivity index (χ3n) is 4.01. The molecule has 3 amide bonds. The summed E-state index contributed by atoms with van der Waals surface area (Å²) in [5.74, 6) is -5.72. The molecule has 2 aliphatic rings. The molecular weight excluding hydrogens is 309 g/mol. The normalized spacial score (nSPS) is 22.9. The van der Waals surface area contributed by atoms with Crippen LogP contribution in [-0.2, 0) is 15.5 Å². The number of hydrogen-bond acceptors (Lipinski definition) is 6. The summed E-state index contributed by atoms with van der Waals surface area (Å²) in [6, 6.07) is 0.655. The van der Waals surface area contributed by atoms with Gasteiger partial charge in [0, 0.05) is 19.2 Å². The van der Waals surface area contributed by atoms with Gasteiger partial charge in [-0.15, -0.1) is 0 Å². The van der Waals surface area contributed by atoms with E-state index in [1.807, 2.05) is 5.32 Å². The largest absolute Gasteiger partial charge is 0.388 e. The van der Waals surface area contributed by atoms with Crippen LogP contribution in [0.1, 0.15) is 28.8 Å². The Morgan fingerprint density at radius 2 is 2.04 bits per heavy atom. The lowest BCUT2D eigenvalue weighted by molar-refractivity contribution is -0.258. The van der Waals surface area contributed by atoms with Crippen molar-refractivity contribution in [2.45, 2.75) is 24.8 Å². The first-order valence-electron chi connectivity index (χ1n) is 6.91. The molecule has 0 aromatic heterocycles. The molecule has 1 atom stereocenters. The first kappa shape index (κ1) is 15.4. The van der Waals surface area contributed by atoms with E-state index in [4.69, 9.17) is 0 Å². The molecule has 4 N–H and O–H groups in total. The number of piperidine rings is 1. The SMILES string of the molecule is CNc1cc(F)cc2c1C(O)(O)N(C1CCC(=O)NC1=O)C2=O. The van der Waals surface area contributed by atoms with Crippen LogP contribution in [0.4, 0.5) is 10.1 Å². The Hall–Kier alpha value is -2.52. The topological polar surface area (TPSA) is 119 Å². The van der Waals surface area contributed by atoms with Crippen LogP contribution in [0.2, 0.25) is 0 Å². The van der Waals surface area contributed by atoms with E-state index in [0.29, 0.717) is 4.90 Å². The molecule has 2 heterocycles. The summed E-state index contributed by atoms with van der Waals surface area (Å²) < 4.78 is 13.6. The van der Waals surface area contributed by atoms with Crippen molar-refractivity contribution in [1.29, 1.82) is 0 Å². The molecule has 2 aliphatic heterocycles. The van der Waals surface area contributed by atoms with Gasteiger partial charge in [-0.3, -0.25) is 24.6 Å². The van der Waals surface area contributed by atoms with E-state index in [2.05, 4.69) is 5.32 Å². The van der Waals surface area contributed by atoms with E-state index in [1.165, 1.54) is 7.05 Å². The fourth-order valence-corrected chi connectivity index (χ4v) is 3.01. The Balaban J connectivity index is 2.10. The van der Waals surface area contributed by atoms with Crippen molar-refractivity contribution in [1.82, 2.24) is 10.2 Å². The van der Waals surface area contributed by atoms with Gasteiger partial charge < -0.3 is 15.5 Å². The maximum Gasteiger partial charge on any atom is 0.281 e. The van der Waals surface area contributed by atoms with Crippen LogP contribution in [0.15, 0.2) is 12.1 Å². The van der Waals surface area contributed by atoms with Gasteiger partial charge in [0.25, 0.3) is 11.8 Å². The molecule has 1 aromatic rings. The molecule has 0 spiro atoms. The fraction of sp³-hybridized carbons (Fsp3) is 0.357. The van der Waals surface area contributed by atoms with Crippen molar-refractivity contribution >= 4 is 23.4 Å². The van der Waals surface area contributed by atoms with Gasteiger partial charge in [0.2, 0.25) is 11.8 Å². The van der Waals surface area contributed by atoms with Crippen LogP contribution in [0.3, 0.4) is 0 Å². The van der Waals surface area contributed by atoms with Crippen molar-refractivity contribution in [2.75, 3.05) is 12.4 Å². The van der Waals surface area contributed by atoms with Crippen molar-refractivity contribution in [3.8, 4) is 0 Å². The van der Waals surface area contributed by atoms with Crippen molar-refractivity contribution in [3.63, 3.8) is 0 Å². The Morgan fingerprint density at radius 1 is 1.35 bits per heavy atom. The first-order chi connectivity index (χ1) is 10.8. The number of carbonyl (C=O) groups is 3. The van der Waals surface area contributed by atoms with E-state index < -0.39 is 35.5 Å². The molecule has 9 heteroatoms. The van der Waals surface area contributed by atoms with E-state index in [9.17, 15) is 29.0 Å². The minimum atomic E-state index is -2.79. The van der Waals surface area contributed by atoms with Crippen LogP contribution >= 0.6 is 0 Å². The van der Waals surface area contributed by atoms with E-state index >= 15 is 0 Å². The lowest BCUT2D eigenvalue weighted by Crippen LogP contribution is -2.58. The molecule has 3 rings (SSSR count). The molecule has 1 aromatic carbocycles. The highest BCUT2D eigenvalue weighted by Gasteiger charge is 2.54. The molecule has 0 aliphatic carbocycles.